The molecule has 27 heavy (non-hydrogen) atoms. The molecule has 146 valence electrons. The number of aromatic nitrogens is 1. The third-order valence-corrected chi connectivity index (χ3v) is 5.79. The SMILES string of the molecule is CCCN(c1cccc(O)c1)C(CC)(N=Nc1ccc(Br)cn1)S(=O)(=O)O. The maximum atomic E-state index is 12.4. The summed E-state index contributed by atoms with van der Waals surface area (Å²) in [7, 11) is -4.69. The highest BCUT2D eigenvalue weighted by atomic mass is 79.9. The van der Waals surface area contributed by atoms with Crippen LogP contribution < -0.4 is 4.90 Å². The van der Waals surface area contributed by atoms with Gasteiger partial charge in [-0.25, -0.2) is 4.98 Å². The molecule has 10 heteroatoms. The lowest BCUT2D eigenvalue weighted by Crippen LogP contribution is -2.53. The van der Waals surface area contributed by atoms with E-state index < -0.39 is 15.1 Å². The molecule has 1 aromatic heterocycles. The predicted octanol–water partition coefficient (Wildman–Crippen LogP) is 4.50. The van der Waals surface area contributed by atoms with Crippen molar-refractivity contribution in [3.8, 4) is 5.75 Å². The van der Waals surface area contributed by atoms with E-state index in [1.165, 1.54) is 23.2 Å². The zero-order valence-electron chi connectivity index (χ0n) is 14.9. The van der Waals surface area contributed by atoms with Gasteiger partial charge in [-0.1, -0.05) is 19.9 Å². The number of aromatic hydroxyl groups is 1. The molecule has 0 saturated heterocycles. The van der Waals surface area contributed by atoms with Crippen LogP contribution in [0.4, 0.5) is 11.5 Å². The lowest BCUT2D eigenvalue weighted by atomic mass is 10.2. The molecule has 2 aromatic rings. The Kier molecular flexibility index (Phi) is 6.90. The summed E-state index contributed by atoms with van der Waals surface area (Å²) >= 11 is 3.26. The third kappa shape index (κ3) is 4.82. The molecule has 2 N–H and O–H groups in total. The molecule has 8 nitrogen and oxygen atoms in total. The summed E-state index contributed by atoms with van der Waals surface area (Å²) in [6, 6.07) is 9.38. The zero-order valence-corrected chi connectivity index (χ0v) is 17.4. The highest BCUT2D eigenvalue weighted by Gasteiger charge is 2.48. The summed E-state index contributed by atoms with van der Waals surface area (Å²) in [6.45, 7) is 3.73. The average Bonchev–Trinajstić information content (AvgIpc) is 2.62. The van der Waals surface area contributed by atoms with Crippen LogP contribution in [0.25, 0.3) is 0 Å². The minimum Gasteiger partial charge on any atom is -0.508 e. The topological polar surface area (TPSA) is 115 Å². The fourth-order valence-corrected chi connectivity index (χ4v) is 3.85. The van der Waals surface area contributed by atoms with Gasteiger partial charge in [0.25, 0.3) is 4.99 Å². The standard InChI is InChI=1S/C17H21BrN4O4S/c1-3-10-22(14-6-5-7-15(23)11-14)17(4-2,27(24,25)26)21-20-16-9-8-13(18)12-19-16/h5-9,11-12,23H,3-4,10H2,1-2H3,(H,24,25,26). The summed E-state index contributed by atoms with van der Waals surface area (Å²) < 4.78 is 35.6. The number of halogens is 1. The maximum Gasteiger partial charge on any atom is 0.312 e. The number of azo groups is 1. The smallest absolute Gasteiger partial charge is 0.312 e. The maximum absolute atomic E-state index is 12.4. The minimum atomic E-state index is -4.69. The van der Waals surface area contributed by atoms with Crippen molar-refractivity contribution in [3.63, 3.8) is 0 Å². The van der Waals surface area contributed by atoms with Crippen LogP contribution in [0.3, 0.4) is 0 Å². The van der Waals surface area contributed by atoms with Gasteiger partial charge in [0.15, 0.2) is 5.82 Å². The van der Waals surface area contributed by atoms with Crippen LogP contribution in [0.5, 0.6) is 5.75 Å². The number of nitrogens with zero attached hydrogens (tertiary/aromatic N) is 4. The van der Waals surface area contributed by atoms with Gasteiger partial charge in [0.2, 0.25) is 0 Å². The van der Waals surface area contributed by atoms with E-state index in [9.17, 15) is 18.1 Å². The van der Waals surface area contributed by atoms with Crippen molar-refractivity contribution in [3.05, 3.63) is 47.1 Å². The second kappa shape index (κ2) is 8.77. The molecule has 0 fully saturated rings. The first-order valence-corrected chi connectivity index (χ1v) is 10.5. The third-order valence-electron chi connectivity index (χ3n) is 3.90. The van der Waals surface area contributed by atoms with Crippen LogP contribution in [0.1, 0.15) is 26.7 Å². The van der Waals surface area contributed by atoms with E-state index in [-0.39, 0.29) is 24.5 Å². The number of anilines is 1. The van der Waals surface area contributed by atoms with Crippen LogP contribution in [-0.2, 0) is 10.1 Å². The van der Waals surface area contributed by atoms with E-state index in [2.05, 4.69) is 31.1 Å². The largest absolute Gasteiger partial charge is 0.508 e. The first kappa shape index (κ1) is 21.3. The lowest BCUT2D eigenvalue weighted by Gasteiger charge is -2.38. The molecule has 1 atom stereocenters. The minimum absolute atomic E-state index is 0.0274. The van der Waals surface area contributed by atoms with Gasteiger partial charge < -0.3 is 10.0 Å². The van der Waals surface area contributed by atoms with Crippen molar-refractivity contribution in [1.82, 2.24) is 4.98 Å². The van der Waals surface area contributed by atoms with Crippen LogP contribution in [0.15, 0.2) is 57.3 Å². The molecule has 1 aromatic carbocycles. The Morgan fingerprint density at radius 1 is 1.26 bits per heavy atom. The van der Waals surface area contributed by atoms with E-state index in [1.807, 2.05) is 6.92 Å². The van der Waals surface area contributed by atoms with E-state index in [0.29, 0.717) is 12.1 Å². The fraction of sp³-hybridized carbons (Fsp3) is 0.353. The van der Waals surface area contributed by atoms with Gasteiger partial charge in [-0.15, -0.1) is 10.2 Å². The Labute approximate surface area is 166 Å². The van der Waals surface area contributed by atoms with Gasteiger partial charge in [-0.3, -0.25) is 4.55 Å². The summed E-state index contributed by atoms with van der Waals surface area (Å²) in [5.74, 6) is 0.174. The van der Waals surface area contributed by atoms with E-state index in [4.69, 9.17) is 0 Å². The van der Waals surface area contributed by atoms with Gasteiger partial charge in [-0.2, -0.15) is 8.42 Å². The van der Waals surface area contributed by atoms with Crippen molar-refractivity contribution in [2.45, 2.75) is 31.7 Å². The Hall–Kier alpha value is -2.04. The predicted molar refractivity (Wildman–Crippen MR) is 107 cm³/mol. The molecular formula is C17H21BrN4O4S. The first-order chi connectivity index (χ1) is 12.7. The molecule has 0 amide bonds. The number of hydrogen-bond donors (Lipinski definition) is 2. The number of hydrogen-bond acceptors (Lipinski definition) is 7. The lowest BCUT2D eigenvalue weighted by molar-refractivity contribution is 0.397. The number of benzene rings is 1. The van der Waals surface area contributed by atoms with Crippen molar-refractivity contribution >= 4 is 37.6 Å². The number of rotatable bonds is 8. The van der Waals surface area contributed by atoms with Crippen LogP contribution in [0.2, 0.25) is 0 Å². The van der Waals surface area contributed by atoms with Gasteiger partial charge in [0.1, 0.15) is 5.75 Å². The highest BCUT2D eigenvalue weighted by molar-refractivity contribution is 9.10. The second-order valence-electron chi connectivity index (χ2n) is 5.78. The van der Waals surface area contributed by atoms with Crippen molar-refractivity contribution < 1.29 is 18.1 Å². The van der Waals surface area contributed by atoms with Crippen molar-refractivity contribution in [2.24, 2.45) is 10.2 Å². The zero-order chi connectivity index (χ0) is 20.1. The number of phenols is 1. The Bertz CT molecular complexity index is 905. The highest BCUT2D eigenvalue weighted by Crippen LogP contribution is 2.35. The van der Waals surface area contributed by atoms with Crippen LogP contribution in [-0.4, -0.2) is 34.6 Å². The summed E-state index contributed by atoms with van der Waals surface area (Å²) in [5, 5.41) is 17.8. The summed E-state index contributed by atoms with van der Waals surface area (Å²) in [6.07, 6.45) is 2.02. The normalized spacial score (nSPS) is 14.2. The second-order valence-corrected chi connectivity index (χ2v) is 8.30. The number of pyridine rings is 1. The molecule has 0 spiro atoms. The summed E-state index contributed by atoms with van der Waals surface area (Å²) in [5.41, 5.74) is 0.402. The molecule has 0 radical (unpaired) electrons. The van der Waals surface area contributed by atoms with Gasteiger partial charge in [-0.05, 0) is 46.6 Å². The van der Waals surface area contributed by atoms with Crippen LogP contribution in [0, 0.1) is 0 Å². The summed E-state index contributed by atoms with van der Waals surface area (Å²) in [4.78, 5) is 3.42. The Morgan fingerprint density at radius 3 is 2.52 bits per heavy atom. The van der Waals surface area contributed by atoms with E-state index in [0.717, 1.165) is 4.47 Å². The van der Waals surface area contributed by atoms with Crippen LogP contribution >= 0.6 is 15.9 Å². The monoisotopic (exact) mass is 456 g/mol. The molecule has 0 aliphatic carbocycles. The molecule has 0 saturated carbocycles. The molecular weight excluding hydrogens is 436 g/mol. The quantitative estimate of drug-likeness (QED) is 0.446. The van der Waals surface area contributed by atoms with Gasteiger partial charge >= 0.3 is 10.1 Å². The fourth-order valence-electron chi connectivity index (χ4n) is 2.64. The molecule has 2 rings (SSSR count). The first-order valence-electron chi connectivity index (χ1n) is 8.31. The molecule has 0 bridgehead atoms. The molecule has 1 unspecified atom stereocenters. The van der Waals surface area contributed by atoms with E-state index >= 15 is 0 Å². The number of phenolic OH excluding ortho intramolecular Hbond substituents is 1. The Balaban J connectivity index is 2.61. The average molecular weight is 457 g/mol. The van der Waals surface area contributed by atoms with Gasteiger partial charge in [0.05, 0.1) is 0 Å². The van der Waals surface area contributed by atoms with Crippen molar-refractivity contribution in [1.29, 1.82) is 0 Å². The van der Waals surface area contributed by atoms with E-state index in [1.54, 1.807) is 31.2 Å². The molecule has 1 heterocycles. The molecule has 0 aliphatic rings. The van der Waals surface area contributed by atoms with Gasteiger partial charge in [0, 0.05) is 35.4 Å². The van der Waals surface area contributed by atoms with Crippen molar-refractivity contribution in [2.75, 3.05) is 11.4 Å². The molecule has 0 aliphatic heterocycles. The Morgan fingerprint density at radius 2 is 2.00 bits per heavy atom.